The van der Waals surface area contributed by atoms with Gasteiger partial charge in [-0.25, -0.2) is 4.39 Å². The van der Waals surface area contributed by atoms with Gasteiger partial charge < -0.3 is 0 Å². The lowest BCUT2D eigenvalue weighted by Gasteiger charge is -2.36. The van der Waals surface area contributed by atoms with Gasteiger partial charge in [0.1, 0.15) is 11.9 Å². The normalized spacial score (nSPS) is 28.5. The SMILES string of the molecule is C=C([C@H]1CC[C@H](CC/C=C(\F)C#N)CC1)[C@H]1CC[C@H](c2ccc(F)cc2)CC1. The van der Waals surface area contributed by atoms with Crippen molar-refractivity contribution < 1.29 is 8.78 Å². The third kappa shape index (κ3) is 5.53. The Morgan fingerprint density at radius 3 is 2.14 bits per heavy atom. The van der Waals surface area contributed by atoms with Crippen LogP contribution in [0.5, 0.6) is 0 Å². The van der Waals surface area contributed by atoms with Crippen molar-refractivity contribution in [2.75, 3.05) is 0 Å². The fourth-order valence-corrected chi connectivity index (χ4v) is 5.18. The maximum Gasteiger partial charge on any atom is 0.196 e. The van der Waals surface area contributed by atoms with Crippen LogP contribution in [0.4, 0.5) is 8.78 Å². The Labute approximate surface area is 168 Å². The van der Waals surface area contributed by atoms with E-state index in [9.17, 15) is 8.78 Å². The van der Waals surface area contributed by atoms with E-state index in [1.807, 2.05) is 12.1 Å². The van der Waals surface area contributed by atoms with Crippen molar-refractivity contribution in [1.29, 1.82) is 5.26 Å². The molecule has 0 bridgehead atoms. The summed E-state index contributed by atoms with van der Waals surface area (Å²) in [6.45, 7) is 4.49. The molecule has 0 aromatic heterocycles. The van der Waals surface area contributed by atoms with Gasteiger partial charge in [-0.1, -0.05) is 24.3 Å². The van der Waals surface area contributed by atoms with Crippen LogP contribution in [-0.2, 0) is 0 Å². The average molecular weight is 384 g/mol. The third-order valence-electron chi connectivity index (χ3n) is 6.97. The molecule has 2 fully saturated rings. The van der Waals surface area contributed by atoms with E-state index in [0.29, 0.717) is 30.1 Å². The van der Waals surface area contributed by atoms with Crippen molar-refractivity contribution in [2.24, 2.45) is 17.8 Å². The first-order valence-electron chi connectivity index (χ1n) is 10.8. The molecule has 1 aromatic carbocycles. The standard InChI is InChI=1S/C25H31F2N/c1-18(20-7-5-19(6-8-20)3-2-4-25(27)17-28)21-9-11-22(12-10-21)23-13-15-24(26)16-14-23/h4,13-16,19-22H,1-3,5-12H2/b25-4-/t19-,20-,21-,22-. The molecule has 150 valence electrons. The molecule has 0 N–H and O–H groups in total. The lowest BCUT2D eigenvalue weighted by Crippen LogP contribution is -2.22. The van der Waals surface area contributed by atoms with Gasteiger partial charge in [0, 0.05) is 0 Å². The molecular formula is C25H31F2N. The highest BCUT2D eigenvalue weighted by molar-refractivity contribution is 5.22. The van der Waals surface area contributed by atoms with Gasteiger partial charge in [0.2, 0.25) is 0 Å². The molecule has 1 aromatic rings. The Kier molecular flexibility index (Phi) is 7.43. The summed E-state index contributed by atoms with van der Waals surface area (Å²) >= 11 is 0. The zero-order valence-electron chi connectivity index (χ0n) is 16.7. The predicted molar refractivity (Wildman–Crippen MR) is 110 cm³/mol. The lowest BCUT2D eigenvalue weighted by molar-refractivity contribution is 0.260. The molecule has 3 heteroatoms. The van der Waals surface area contributed by atoms with Gasteiger partial charge in [-0.15, -0.1) is 0 Å². The molecule has 0 spiro atoms. The van der Waals surface area contributed by atoms with Crippen LogP contribution in [0.15, 0.2) is 48.3 Å². The van der Waals surface area contributed by atoms with E-state index in [4.69, 9.17) is 5.26 Å². The Hall–Kier alpha value is -1.95. The summed E-state index contributed by atoms with van der Waals surface area (Å²) in [4.78, 5) is 0. The third-order valence-corrected chi connectivity index (χ3v) is 6.97. The summed E-state index contributed by atoms with van der Waals surface area (Å²) in [5.41, 5.74) is 2.72. The molecule has 1 nitrogen and oxygen atoms in total. The number of rotatable bonds is 6. The fourth-order valence-electron chi connectivity index (χ4n) is 5.18. The number of nitriles is 1. The Morgan fingerprint density at radius 2 is 1.57 bits per heavy atom. The van der Waals surface area contributed by atoms with E-state index in [1.165, 1.54) is 68.6 Å². The van der Waals surface area contributed by atoms with Crippen molar-refractivity contribution in [1.82, 2.24) is 0 Å². The van der Waals surface area contributed by atoms with Crippen molar-refractivity contribution in [3.8, 4) is 6.07 Å². The van der Waals surface area contributed by atoms with Crippen LogP contribution in [-0.4, -0.2) is 0 Å². The number of hydrogen-bond acceptors (Lipinski definition) is 1. The maximum atomic E-state index is 13.1. The summed E-state index contributed by atoms with van der Waals surface area (Å²) in [5.74, 6) is 1.66. The molecule has 0 aliphatic heterocycles. The molecule has 0 heterocycles. The van der Waals surface area contributed by atoms with E-state index < -0.39 is 5.83 Å². The Balaban J connectivity index is 1.41. The van der Waals surface area contributed by atoms with Crippen molar-refractivity contribution in [2.45, 2.75) is 70.1 Å². The van der Waals surface area contributed by atoms with E-state index in [-0.39, 0.29) is 5.82 Å². The van der Waals surface area contributed by atoms with E-state index in [0.717, 1.165) is 6.42 Å². The van der Waals surface area contributed by atoms with E-state index >= 15 is 0 Å². The first-order valence-corrected chi connectivity index (χ1v) is 10.8. The number of allylic oxidation sites excluding steroid dienone is 3. The van der Waals surface area contributed by atoms with Crippen LogP contribution in [0.2, 0.25) is 0 Å². The average Bonchev–Trinajstić information content (AvgIpc) is 2.74. The zero-order valence-corrected chi connectivity index (χ0v) is 16.7. The second kappa shape index (κ2) is 10.0. The second-order valence-electron chi connectivity index (χ2n) is 8.63. The maximum absolute atomic E-state index is 13.1. The lowest BCUT2D eigenvalue weighted by atomic mass is 9.69. The van der Waals surface area contributed by atoms with E-state index in [2.05, 4.69) is 6.58 Å². The van der Waals surface area contributed by atoms with Gasteiger partial charge >= 0.3 is 0 Å². The molecule has 0 atom stereocenters. The molecule has 0 saturated heterocycles. The van der Waals surface area contributed by atoms with Crippen LogP contribution in [0.25, 0.3) is 0 Å². The van der Waals surface area contributed by atoms with Gasteiger partial charge in [-0.3, -0.25) is 0 Å². The highest BCUT2D eigenvalue weighted by atomic mass is 19.1. The van der Waals surface area contributed by atoms with Gasteiger partial charge in [0.05, 0.1) is 0 Å². The minimum absolute atomic E-state index is 0.160. The molecule has 2 aliphatic carbocycles. The summed E-state index contributed by atoms with van der Waals surface area (Å²) < 4.78 is 26.0. The number of hydrogen-bond donors (Lipinski definition) is 0. The van der Waals surface area contributed by atoms with Gasteiger partial charge in [0.25, 0.3) is 0 Å². The van der Waals surface area contributed by atoms with Gasteiger partial charge in [-0.05, 0) is 112 Å². The van der Waals surface area contributed by atoms with Crippen molar-refractivity contribution in [3.63, 3.8) is 0 Å². The number of benzene rings is 1. The predicted octanol–water partition coefficient (Wildman–Crippen LogP) is 7.62. The van der Waals surface area contributed by atoms with Gasteiger partial charge in [-0.2, -0.15) is 9.65 Å². The number of nitrogens with zero attached hydrogens (tertiary/aromatic N) is 1. The molecule has 2 saturated carbocycles. The first-order chi connectivity index (χ1) is 13.6. The molecular weight excluding hydrogens is 352 g/mol. The Morgan fingerprint density at radius 1 is 1.00 bits per heavy atom. The molecule has 3 rings (SSSR count). The largest absolute Gasteiger partial charge is 0.207 e. The topological polar surface area (TPSA) is 23.8 Å². The highest BCUT2D eigenvalue weighted by Gasteiger charge is 2.29. The summed E-state index contributed by atoms with van der Waals surface area (Å²) in [6, 6.07) is 8.57. The molecule has 28 heavy (non-hydrogen) atoms. The smallest absolute Gasteiger partial charge is 0.196 e. The summed E-state index contributed by atoms with van der Waals surface area (Å²) in [6.07, 6.45) is 12.6. The van der Waals surface area contributed by atoms with Crippen molar-refractivity contribution in [3.05, 3.63) is 59.7 Å². The molecule has 0 radical (unpaired) electrons. The monoisotopic (exact) mass is 383 g/mol. The molecule has 0 unspecified atom stereocenters. The first kappa shape index (κ1) is 20.8. The second-order valence-corrected chi connectivity index (χ2v) is 8.63. The number of halogens is 2. The van der Waals surface area contributed by atoms with Gasteiger partial charge in [0.15, 0.2) is 5.83 Å². The van der Waals surface area contributed by atoms with Crippen LogP contribution in [0.3, 0.4) is 0 Å². The minimum Gasteiger partial charge on any atom is -0.207 e. The van der Waals surface area contributed by atoms with E-state index in [1.54, 1.807) is 18.2 Å². The molecule has 2 aliphatic rings. The van der Waals surface area contributed by atoms with Crippen molar-refractivity contribution >= 4 is 0 Å². The highest BCUT2D eigenvalue weighted by Crippen LogP contribution is 2.44. The summed E-state index contributed by atoms with van der Waals surface area (Å²) in [5, 5.41) is 8.47. The van der Waals surface area contributed by atoms with Crippen LogP contribution in [0.1, 0.15) is 75.7 Å². The summed E-state index contributed by atoms with van der Waals surface area (Å²) in [7, 11) is 0. The van der Waals surface area contributed by atoms with Crippen LogP contribution < -0.4 is 0 Å². The minimum atomic E-state index is -0.654. The quantitative estimate of drug-likeness (QED) is 0.366. The zero-order chi connectivity index (χ0) is 19.9. The Bertz CT molecular complexity index is 712. The van der Waals surface area contributed by atoms with Crippen LogP contribution in [0, 0.1) is 34.9 Å². The molecule has 0 amide bonds. The fraction of sp³-hybridized carbons (Fsp3) is 0.560. The van der Waals surface area contributed by atoms with Crippen LogP contribution >= 0.6 is 0 Å².